The maximum atomic E-state index is 12.3. The molecule has 0 bridgehead atoms. The average molecular weight is 317 g/mol. The minimum Gasteiger partial charge on any atom is -0.338 e. The lowest BCUT2D eigenvalue weighted by Gasteiger charge is -2.34. The van der Waals surface area contributed by atoms with E-state index in [0.717, 1.165) is 43.7 Å². The Bertz CT molecular complexity index is 702. The van der Waals surface area contributed by atoms with Crippen molar-refractivity contribution >= 4 is 0 Å². The summed E-state index contributed by atoms with van der Waals surface area (Å²) in [6.45, 7) is 8.50. The smallest absolute Gasteiger partial charge is 0.256 e. The molecular formula is C16H23N5O2. The van der Waals surface area contributed by atoms with Crippen LogP contribution in [0.4, 0.5) is 0 Å². The molecule has 124 valence electrons. The van der Waals surface area contributed by atoms with Crippen molar-refractivity contribution in [2.75, 3.05) is 13.1 Å². The first-order valence-corrected chi connectivity index (χ1v) is 8.09. The van der Waals surface area contributed by atoms with Gasteiger partial charge in [-0.05, 0) is 52.6 Å². The molecule has 0 saturated carbocycles. The van der Waals surface area contributed by atoms with E-state index in [-0.39, 0.29) is 11.6 Å². The molecule has 0 aliphatic carbocycles. The Morgan fingerprint density at radius 2 is 2.04 bits per heavy atom. The molecule has 1 aliphatic rings. The van der Waals surface area contributed by atoms with Gasteiger partial charge >= 0.3 is 0 Å². The van der Waals surface area contributed by atoms with Crippen LogP contribution in [0.15, 0.2) is 22.0 Å². The van der Waals surface area contributed by atoms with Gasteiger partial charge in [0.2, 0.25) is 5.89 Å². The van der Waals surface area contributed by atoms with Gasteiger partial charge in [0.25, 0.3) is 5.56 Å². The van der Waals surface area contributed by atoms with Crippen LogP contribution in [0, 0.1) is 19.8 Å². The molecule has 1 unspecified atom stereocenters. The Kier molecular flexibility index (Phi) is 4.56. The number of likely N-dealkylation sites (tertiary alicyclic amines) is 1. The molecular weight excluding hydrogens is 294 g/mol. The Morgan fingerprint density at radius 1 is 1.30 bits per heavy atom. The van der Waals surface area contributed by atoms with Crippen LogP contribution in [0.2, 0.25) is 0 Å². The van der Waals surface area contributed by atoms with Crippen LogP contribution in [-0.4, -0.2) is 37.7 Å². The van der Waals surface area contributed by atoms with E-state index in [4.69, 9.17) is 4.52 Å². The van der Waals surface area contributed by atoms with E-state index in [0.29, 0.717) is 11.8 Å². The molecule has 23 heavy (non-hydrogen) atoms. The molecule has 2 aromatic rings. The lowest BCUT2D eigenvalue weighted by molar-refractivity contribution is 0.113. The van der Waals surface area contributed by atoms with E-state index in [9.17, 15) is 4.79 Å². The van der Waals surface area contributed by atoms with Gasteiger partial charge in [-0.25, -0.2) is 4.98 Å². The van der Waals surface area contributed by atoms with Crippen molar-refractivity contribution < 1.29 is 4.52 Å². The zero-order chi connectivity index (χ0) is 16.4. The highest BCUT2D eigenvalue weighted by Crippen LogP contribution is 2.26. The van der Waals surface area contributed by atoms with Crippen molar-refractivity contribution in [3.05, 3.63) is 40.2 Å². The summed E-state index contributed by atoms with van der Waals surface area (Å²) >= 11 is 0. The minimum absolute atomic E-state index is 0.0826. The van der Waals surface area contributed by atoms with Crippen LogP contribution in [0.3, 0.4) is 0 Å². The zero-order valence-corrected chi connectivity index (χ0v) is 13.9. The molecule has 0 spiro atoms. The van der Waals surface area contributed by atoms with Crippen molar-refractivity contribution in [3.8, 4) is 0 Å². The summed E-state index contributed by atoms with van der Waals surface area (Å²) in [5, 5.41) is 3.68. The Hall–Kier alpha value is -2.02. The molecule has 0 aromatic carbocycles. The molecule has 1 saturated heterocycles. The monoisotopic (exact) mass is 317 g/mol. The first kappa shape index (κ1) is 15.9. The van der Waals surface area contributed by atoms with Crippen LogP contribution < -0.4 is 5.56 Å². The summed E-state index contributed by atoms with van der Waals surface area (Å²) in [5.41, 5.74) is 1.64. The van der Waals surface area contributed by atoms with Gasteiger partial charge in [-0.15, -0.1) is 0 Å². The van der Waals surface area contributed by atoms with Crippen molar-refractivity contribution in [2.45, 2.75) is 46.2 Å². The molecule has 1 atom stereocenters. The number of nitrogens with zero attached hydrogens (tertiary/aromatic N) is 5. The molecule has 2 aromatic heterocycles. The fourth-order valence-electron chi connectivity index (χ4n) is 3.13. The third-order valence-corrected chi connectivity index (χ3v) is 4.90. The molecule has 0 amide bonds. The number of hydrogen-bond acceptors (Lipinski definition) is 6. The summed E-state index contributed by atoms with van der Waals surface area (Å²) in [5.74, 6) is 1.17. The molecule has 3 rings (SSSR count). The number of aromatic nitrogens is 4. The van der Waals surface area contributed by atoms with Crippen molar-refractivity contribution in [2.24, 2.45) is 5.92 Å². The second-order valence-corrected chi connectivity index (χ2v) is 6.35. The average Bonchev–Trinajstić information content (AvgIpc) is 3.10. The quantitative estimate of drug-likeness (QED) is 0.854. The highest BCUT2D eigenvalue weighted by molar-refractivity contribution is 5.12. The summed E-state index contributed by atoms with van der Waals surface area (Å²) in [7, 11) is 0. The zero-order valence-electron chi connectivity index (χ0n) is 13.9. The Labute approximate surface area is 135 Å². The van der Waals surface area contributed by atoms with E-state index in [2.05, 4.69) is 26.9 Å². The predicted molar refractivity (Wildman–Crippen MR) is 85.0 cm³/mol. The summed E-state index contributed by atoms with van der Waals surface area (Å²) in [6.07, 6.45) is 5.23. The number of piperidine rings is 1. The van der Waals surface area contributed by atoms with Crippen LogP contribution >= 0.6 is 0 Å². The fraction of sp³-hybridized carbons (Fsp3) is 0.625. The first-order valence-electron chi connectivity index (χ1n) is 8.09. The minimum atomic E-state index is 0.0826. The summed E-state index contributed by atoms with van der Waals surface area (Å²) in [4.78, 5) is 23.1. The van der Waals surface area contributed by atoms with Gasteiger partial charge in [-0.1, -0.05) is 5.16 Å². The van der Waals surface area contributed by atoms with Gasteiger partial charge < -0.3 is 4.52 Å². The second kappa shape index (κ2) is 6.62. The number of rotatable bonds is 4. The lowest BCUT2D eigenvalue weighted by Crippen LogP contribution is -2.38. The molecule has 7 heteroatoms. The molecule has 7 nitrogen and oxygen atoms in total. The SMILES string of the molecule is Cc1ncn(CC2CCN(C(C)c3ncno3)CC2)c(=O)c1C. The van der Waals surface area contributed by atoms with E-state index in [1.54, 1.807) is 10.9 Å². The molecule has 1 aliphatic heterocycles. The third kappa shape index (κ3) is 3.34. The van der Waals surface area contributed by atoms with Gasteiger partial charge in [0, 0.05) is 17.8 Å². The van der Waals surface area contributed by atoms with Gasteiger partial charge in [-0.3, -0.25) is 14.3 Å². The number of aryl methyl sites for hydroxylation is 1. The van der Waals surface area contributed by atoms with Crippen molar-refractivity contribution in [3.63, 3.8) is 0 Å². The Balaban J connectivity index is 1.59. The normalized spacial score (nSPS) is 18.2. The molecule has 3 heterocycles. The molecule has 0 N–H and O–H groups in total. The first-order chi connectivity index (χ1) is 11.1. The predicted octanol–water partition coefficient (Wildman–Crippen LogP) is 1.72. The van der Waals surface area contributed by atoms with Crippen molar-refractivity contribution in [1.82, 2.24) is 24.6 Å². The van der Waals surface area contributed by atoms with Gasteiger partial charge in [0.15, 0.2) is 6.33 Å². The summed E-state index contributed by atoms with van der Waals surface area (Å²) in [6, 6.07) is 0.143. The van der Waals surface area contributed by atoms with Crippen LogP contribution in [0.5, 0.6) is 0 Å². The van der Waals surface area contributed by atoms with E-state index in [1.165, 1.54) is 6.33 Å². The standard InChI is InChI=1S/C16H23N5O2/c1-11-12(2)18-10-21(16(11)22)8-14-4-6-20(7-5-14)13(3)15-17-9-19-23-15/h9-10,13-14H,4-8H2,1-3H3. The number of hydrogen-bond donors (Lipinski definition) is 0. The molecule has 1 fully saturated rings. The van der Waals surface area contributed by atoms with E-state index in [1.807, 2.05) is 13.8 Å². The maximum absolute atomic E-state index is 12.3. The van der Waals surface area contributed by atoms with E-state index >= 15 is 0 Å². The largest absolute Gasteiger partial charge is 0.338 e. The second-order valence-electron chi connectivity index (χ2n) is 6.35. The Morgan fingerprint density at radius 3 is 2.70 bits per heavy atom. The fourth-order valence-corrected chi connectivity index (χ4v) is 3.13. The lowest BCUT2D eigenvalue weighted by atomic mass is 9.95. The molecule has 0 radical (unpaired) electrons. The van der Waals surface area contributed by atoms with Gasteiger partial charge in [0.1, 0.15) is 0 Å². The van der Waals surface area contributed by atoms with Crippen LogP contribution in [0.1, 0.15) is 43.0 Å². The third-order valence-electron chi connectivity index (χ3n) is 4.90. The van der Waals surface area contributed by atoms with E-state index < -0.39 is 0 Å². The van der Waals surface area contributed by atoms with Crippen LogP contribution in [-0.2, 0) is 6.54 Å². The highest BCUT2D eigenvalue weighted by Gasteiger charge is 2.26. The highest BCUT2D eigenvalue weighted by atomic mass is 16.5. The topological polar surface area (TPSA) is 77.1 Å². The van der Waals surface area contributed by atoms with Crippen molar-refractivity contribution in [1.29, 1.82) is 0 Å². The summed E-state index contributed by atoms with van der Waals surface area (Å²) < 4.78 is 6.91. The van der Waals surface area contributed by atoms with Gasteiger partial charge in [-0.2, -0.15) is 4.98 Å². The maximum Gasteiger partial charge on any atom is 0.256 e. The van der Waals surface area contributed by atoms with Gasteiger partial charge in [0.05, 0.1) is 12.4 Å². The van der Waals surface area contributed by atoms with Crippen LogP contribution in [0.25, 0.3) is 0 Å².